The van der Waals surface area contributed by atoms with Gasteiger partial charge in [0.1, 0.15) is 0 Å². The van der Waals surface area contributed by atoms with Crippen LogP contribution in [0.5, 0.6) is 0 Å². The molecule has 0 aromatic rings. The van der Waals surface area contributed by atoms with Crippen LogP contribution in [0.1, 0.15) is 33.1 Å². The Balaban J connectivity index is 0.00000289. The first-order chi connectivity index (χ1) is 8.20. The Bertz CT molecular complexity index is 219. The van der Waals surface area contributed by atoms with Gasteiger partial charge >= 0.3 is 51.4 Å². The molecule has 0 bridgehead atoms. The first kappa shape index (κ1) is 19.0. The van der Waals surface area contributed by atoms with Crippen LogP contribution in [0.2, 0.25) is 0 Å². The second-order valence-corrected chi connectivity index (χ2v) is 4.95. The largest absolute Gasteiger partial charge is 1.00 e. The number of nitrogens with zero attached hydrogens (tertiary/aromatic N) is 2. The molecule has 5 heteroatoms. The number of rotatable bonds is 7. The summed E-state index contributed by atoms with van der Waals surface area (Å²) in [7, 11) is 0. The van der Waals surface area contributed by atoms with Crippen LogP contribution in [0.15, 0.2) is 0 Å². The molecule has 4 nitrogen and oxygen atoms in total. The van der Waals surface area contributed by atoms with E-state index in [-0.39, 0.29) is 57.3 Å². The number of ether oxygens (including phenoxy) is 1. The van der Waals surface area contributed by atoms with E-state index in [1.165, 1.54) is 6.42 Å². The molecular weight excluding hydrogens is 255 g/mol. The SMILES string of the molecule is CC(C)CCCOCCC(=O)N1CC[N-]CC1.[K+]. The molecule has 1 fully saturated rings. The molecule has 0 radical (unpaired) electrons. The molecular formula is C13H25KN2O2. The van der Waals surface area contributed by atoms with Crippen LogP contribution in [-0.2, 0) is 9.53 Å². The summed E-state index contributed by atoms with van der Waals surface area (Å²) >= 11 is 0. The third kappa shape index (κ3) is 9.01. The molecule has 0 N–H and O–H groups in total. The fourth-order valence-electron chi connectivity index (χ4n) is 1.87. The second-order valence-electron chi connectivity index (χ2n) is 4.95. The molecule has 1 rings (SSSR count). The van der Waals surface area contributed by atoms with E-state index < -0.39 is 0 Å². The van der Waals surface area contributed by atoms with Gasteiger partial charge in [0.2, 0.25) is 5.91 Å². The minimum absolute atomic E-state index is 0. The first-order valence-electron chi connectivity index (χ1n) is 6.69. The number of amides is 1. The maximum absolute atomic E-state index is 11.7. The van der Waals surface area contributed by atoms with E-state index in [9.17, 15) is 4.79 Å². The van der Waals surface area contributed by atoms with Crippen molar-refractivity contribution in [1.29, 1.82) is 0 Å². The minimum atomic E-state index is 0. The van der Waals surface area contributed by atoms with Crippen molar-refractivity contribution in [3.05, 3.63) is 5.32 Å². The number of carbonyl (C=O) groups excluding carboxylic acids is 1. The number of carbonyl (C=O) groups is 1. The predicted molar refractivity (Wildman–Crippen MR) is 69.2 cm³/mol. The molecule has 0 atom stereocenters. The Morgan fingerprint density at radius 3 is 2.56 bits per heavy atom. The van der Waals surface area contributed by atoms with Crippen LogP contribution in [0.3, 0.4) is 0 Å². The third-order valence-electron chi connectivity index (χ3n) is 2.94. The van der Waals surface area contributed by atoms with Crippen molar-refractivity contribution in [3.8, 4) is 0 Å². The van der Waals surface area contributed by atoms with Crippen LogP contribution in [0.4, 0.5) is 0 Å². The molecule has 0 aromatic heterocycles. The molecule has 1 aliphatic heterocycles. The summed E-state index contributed by atoms with van der Waals surface area (Å²) in [5.74, 6) is 0.945. The van der Waals surface area contributed by atoms with Crippen LogP contribution >= 0.6 is 0 Å². The van der Waals surface area contributed by atoms with Crippen molar-refractivity contribution >= 4 is 5.91 Å². The summed E-state index contributed by atoms with van der Waals surface area (Å²) in [5.41, 5.74) is 0. The Hall–Kier alpha value is 1.03. The molecule has 100 valence electrons. The maximum atomic E-state index is 11.7. The van der Waals surface area contributed by atoms with Gasteiger partial charge in [-0.15, -0.1) is 13.1 Å². The summed E-state index contributed by atoms with van der Waals surface area (Å²) in [6.07, 6.45) is 2.80. The maximum Gasteiger partial charge on any atom is 1.00 e. The average Bonchev–Trinajstić information content (AvgIpc) is 2.34. The van der Waals surface area contributed by atoms with Gasteiger partial charge in [0.05, 0.1) is 13.0 Å². The zero-order valence-corrected chi connectivity index (χ0v) is 15.3. The monoisotopic (exact) mass is 280 g/mol. The van der Waals surface area contributed by atoms with Gasteiger partial charge in [-0.3, -0.25) is 4.79 Å². The standard InChI is InChI=1S/C13H25N2O2.K/c1-12(2)4-3-10-17-11-5-13(16)15-8-6-14-7-9-15;/h12H,3-11H2,1-2H3;/q-1;+1. The van der Waals surface area contributed by atoms with Crippen LogP contribution in [0.25, 0.3) is 5.32 Å². The van der Waals surface area contributed by atoms with Gasteiger partial charge in [0, 0.05) is 19.7 Å². The van der Waals surface area contributed by atoms with Gasteiger partial charge in [0.15, 0.2) is 0 Å². The summed E-state index contributed by atoms with van der Waals surface area (Å²) in [6.45, 7) is 8.92. The Morgan fingerprint density at radius 2 is 1.94 bits per heavy atom. The van der Waals surface area contributed by atoms with E-state index in [1.54, 1.807) is 0 Å². The summed E-state index contributed by atoms with van der Waals surface area (Å²) in [4.78, 5) is 13.6. The van der Waals surface area contributed by atoms with Crippen molar-refractivity contribution < 1.29 is 60.9 Å². The Kier molecular flexibility index (Phi) is 12.5. The van der Waals surface area contributed by atoms with E-state index in [0.29, 0.717) is 13.0 Å². The van der Waals surface area contributed by atoms with Crippen LogP contribution < -0.4 is 51.4 Å². The van der Waals surface area contributed by atoms with Gasteiger partial charge in [-0.05, 0) is 18.8 Å². The van der Waals surface area contributed by atoms with Gasteiger partial charge in [0.25, 0.3) is 0 Å². The first-order valence-corrected chi connectivity index (χ1v) is 6.69. The molecule has 0 spiro atoms. The van der Waals surface area contributed by atoms with E-state index >= 15 is 0 Å². The van der Waals surface area contributed by atoms with Crippen molar-refractivity contribution in [2.75, 3.05) is 39.4 Å². The predicted octanol–water partition coefficient (Wildman–Crippen LogP) is -0.951. The molecule has 0 aliphatic carbocycles. The van der Waals surface area contributed by atoms with Crippen molar-refractivity contribution in [3.63, 3.8) is 0 Å². The quantitative estimate of drug-likeness (QED) is 0.446. The summed E-state index contributed by atoms with van der Waals surface area (Å²) in [6, 6.07) is 0. The number of piperazine rings is 1. The zero-order chi connectivity index (χ0) is 12.5. The normalized spacial score (nSPS) is 15.6. The van der Waals surface area contributed by atoms with E-state index in [4.69, 9.17) is 4.74 Å². The van der Waals surface area contributed by atoms with E-state index in [2.05, 4.69) is 19.2 Å². The van der Waals surface area contributed by atoms with Gasteiger partial charge < -0.3 is 15.0 Å². The molecule has 1 amide bonds. The van der Waals surface area contributed by atoms with Gasteiger partial charge in [-0.25, -0.2) is 0 Å². The molecule has 0 unspecified atom stereocenters. The fourth-order valence-corrected chi connectivity index (χ4v) is 1.87. The van der Waals surface area contributed by atoms with Crippen LogP contribution in [0, 0.1) is 5.92 Å². The number of hydrogen-bond donors (Lipinski definition) is 0. The molecule has 1 saturated heterocycles. The average molecular weight is 280 g/mol. The van der Waals surface area contributed by atoms with Gasteiger partial charge in [-0.1, -0.05) is 13.8 Å². The zero-order valence-electron chi connectivity index (χ0n) is 12.2. The van der Waals surface area contributed by atoms with Crippen molar-refractivity contribution in [1.82, 2.24) is 4.90 Å². The van der Waals surface area contributed by atoms with E-state index in [0.717, 1.165) is 45.1 Å². The molecule has 1 aliphatic rings. The van der Waals surface area contributed by atoms with Crippen molar-refractivity contribution in [2.24, 2.45) is 5.92 Å². The summed E-state index contributed by atoms with van der Waals surface area (Å²) in [5, 5.41) is 4.22. The molecule has 1 heterocycles. The van der Waals surface area contributed by atoms with Gasteiger partial charge in [-0.2, -0.15) is 0 Å². The second kappa shape index (κ2) is 11.8. The molecule has 0 saturated carbocycles. The Labute approximate surface area is 154 Å². The molecule has 0 aromatic carbocycles. The topological polar surface area (TPSA) is 43.6 Å². The Morgan fingerprint density at radius 1 is 1.28 bits per heavy atom. The smallest absolute Gasteiger partial charge is 0.659 e. The van der Waals surface area contributed by atoms with Crippen molar-refractivity contribution in [2.45, 2.75) is 33.1 Å². The third-order valence-corrected chi connectivity index (χ3v) is 2.94. The molecule has 18 heavy (non-hydrogen) atoms. The summed E-state index contributed by atoms with van der Waals surface area (Å²) < 4.78 is 5.47. The van der Waals surface area contributed by atoms with E-state index in [1.807, 2.05) is 4.90 Å². The number of hydrogen-bond acceptors (Lipinski definition) is 2. The minimum Gasteiger partial charge on any atom is -0.659 e. The van der Waals surface area contributed by atoms with Crippen LogP contribution in [-0.4, -0.2) is 50.2 Å². The fraction of sp³-hybridized carbons (Fsp3) is 0.923.